The van der Waals surface area contributed by atoms with Crippen molar-refractivity contribution in [2.75, 3.05) is 18.9 Å². The number of nitrogens with one attached hydrogen (secondary N) is 1. The first-order valence-electron chi connectivity index (χ1n) is 6.65. The molecule has 0 saturated carbocycles. The molecule has 98 valence electrons. The minimum Gasteiger partial charge on any atom is -0.369 e. The van der Waals surface area contributed by atoms with Crippen LogP contribution in [0.2, 0.25) is 0 Å². The molecule has 4 nitrogen and oxygen atoms in total. The molecule has 2 fully saturated rings. The van der Waals surface area contributed by atoms with E-state index in [2.05, 4.69) is 49.8 Å². The van der Waals surface area contributed by atoms with Crippen LogP contribution >= 0.6 is 22.6 Å². The predicted octanol–water partition coefficient (Wildman–Crippen LogP) is 2.37. The Balaban J connectivity index is 1.57. The molecule has 5 heteroatoms. The van der Waals surface area contributed by atoms with Crippen LogP contribution in [0.15, 0.2) is 12.5 Å². The van der Waals surface area contributed by atoms with Gasteiger partial charge in [-0.25, -0.2) is 9.97 Å². The Bertz CT molecular complexity index is 411. The summed E-state index contributed by atoms with van der Waals surface area (Å²) in [5.41, 5.74) is 0. The summed E-state index contributed by atoms with van der Waals surface area (Å²) in [5, 5.41) is 3.49. The van der Waals surface area contributed by atoms with E-state index in [4.69, 9.17) is 0 Å². The van der Waals surface area contributed by atoms with Gasteiger partial charge in [0.1, 0.15) is 12.1 Å². The van der Waals surface area contributed by atoms with E-state index in [0.29, 0.717) is 0 Å². The first-order valence-corrected chi connectivity index (χ1v) is 7.73. The zero-order valence-electron chi connectivity index (χ0n) is 10.6. The number of hydrogen-bond acceptors (Lipinski definition) is 4. The van der Waals surface area contributed by atoms with Gasteiger partial charge in [0.15, 0.2) is 0 Å². The normalized spacial score (nSPS) is 31.6. The molecule has 0 spiro atoms. The van der Waals surface area contributed by atoms with Crippen molar-refractivity contribution in [1.82, 2.24) is 14.9 Å². The highest BCUT2D eigenvalue weighted by atomic mass is 127. The fraction of sp³-hybridized carbons (Fsp3) is 0.692. The molecule has 2 bridgehead atoms. The molecule has 0 radical (unpaired) electrons. The van der Waals surface area contributed by atoms with E-state index < -0.39 is 0 Å². The number of rotatable bonds is 3. The van der Waals surface area contributed by atoms with Crippen molar-refractivity contribution < 1.29 is 0 Å². The minimum atomic E-state index is 0.796. The molecule has 0 aliphatic carbocycles. The number of fused-ring (bicyclic) bond motifs is 2. The molecule has 2 unspecified atom stereocenters. The molecule has 2 aliphatic heterocycles. The second kappa shape index (κ2) is 5.28. The highest BCUT2D eigenvalue weighted by Gasteiger charge is 2.38. The van der Waals surface area contributed by atoms with E-state index in [1.54, 1.807) is 6.33 Å². The second-order valence-electron chi connectivity index (χ2n) is 5.49. The maximum absolute atomic E-state index is 4.29. The maximum Gasteiger partial charge on any atom is 0.142 e. The fourth-order valence-corrected chi connectivity index (χ4v) is 3.87. The minimum absolute atomic E-state index is 0.796. The predicted molar refractivity (Wildman–Crippen MR) is 80.5 cm³/mol. The van der Waals surface area contributed by atoms with Crippen molar-refractivity contribution >= 4 is 28.4 Å². The van der Waals surface area contributed by atoms with Crippen LogP contribution in [0.25, 0.3) is 0 Å². The Morgan fingerprint density at radius 1 is 1.39 bits per heavy atom. The average Bonchev–Trinajstić information content (AvgIpc) is 2.62. The highest BCUT2D eigenvalue weighted by molar-refractivity contribution is 14.1. The van der Waals surface area contributed by atoms with Crippen LogP contribution in [0, 0.1) is 9.49 Å². The van der Waals surface area contributed by atoms with E-state index >= 15 is 0 Å². The lowest BCUT2D eigenvalue weighted by atomic mass is 9.91. The molecule has 2 atom stereocenters. The van der Waals surface area contributed by atoms with Crippen LogP contribution in [-0.2, 0) is 0 Å². The standard InChI is InChI=1S/C13H19IN4/c1-18-10-2-3-11(18)5-9(4-10)6-16-13-12(14)7-15-8-17-13/h7-11H,2-6H2,1H3,(H,15,16,17). The molecule has 1 aromatic rings. The van der Waals surface area contributed by atoms with Gasteiger partial charge in [-0.15, -0.1) is 0 Å². The van der Waals surface area contributed by atoms with Crippen molar-refractivity contribution in [3.05, 3.63) is 16.1 Å². The van der Waals surface area contributed by atoms with Gasteiger partial charge < -0.3 is 10.2 Å². The van der Waals surface area contributed by atoms with Gasteiger partial charge >= 0.3 is 0 Å². The molecular formula is C13H19IN4. The first kappa shape index (κ1) is 12.6. The third kappa shape index (κ3) is 2.47. The van der Waals surface area contributed by atoms with Crippen LogP contribution < -0.4 is 5.32 Å². The smallest absolute Gasteiger partial charge is 0.142 e. The van der Waals surface area contributed by atoms with Gasteiger partial charge in [0.25, 0.3) is 0 Å². The lowest BCUT2D eigenvalue weighted by Gasteiger charge is -2.36. The number of hydrogen-bond donors (Lipinski definition) is 1. The Hall–Kier alpha value is -0.430. The van der Waals surface area contributed by atoms with Crippen molar-refractivity contribution in [3.63, 3.8) is 0 Å². The molecule has 0 amide bonds. The lowest BCUT2D eigenvalue weighted by Crippen LogP contribution is -2.41. The van der Waals surface area contributed by atoms with Crippen molar-refractivity contribution in [2.24, 2.45) is 5.92 Å². The molecule has 2 saturated heterocycles. The van der Waals surface area contributed by atoms with E-state index in [1.807, 2.05) is 6.20 Å². The van der Waals surface area contributed by atoms with Crippen LogP contribution in [0.4, 0.5) is 5.82 Å². The maximum atomic E-state index is 4.29. The Kier molecular flexibility index (Phi) is 3.70. The molecular weight excluding hydrogens is 339 g/mol. The topological polar surface area (TPSA) is 41.0 Å². The molecule has 1 N–H and O–H groups in total. The van der Waals surface area contributed by atoms with Gasteiger partial charge in [0, 0.05) is 24.8 Å². The summed E-state index contributed by atoms with van der Waals surface area (Å²) in [7, 11) is 2.29. The lowest BCUT2D eigenvalue weighted by molar-refractivity contribution is 0.139. The van der Waals surface area contributed by atoms with Gasteiger partial charge in [0.05, 0.1) is 3.57 Å². The molecule has 2 aliphatic rings. The third-order valence-electron chi connectivity index (χ3n) is 4.42. The van der Waals surface area contributed by atoms with Crippen molar-refractivity contribution in [3.8, 4) is 0 Å². The fourth-order valence-electron chi connectivity index (χ4n) is 3.37. The van der Waals surface area contributed by atoms with Crippen LogP contribution in [0.3, 0.4) is 0 Å². The number of anilines is 1. The summed E-state index contributed by atoms with van der Waals surface area (Å²) >= 11 is 2.28. The van der Waals surface area contributed by atoms with Gasteiger partial charge in [-0.05, 0) is 61.2 Å². The summed E-state index contributed by atoms with van der Waals surface area (Å²) in [5.74, 6) is 1.78. The Labute approximate surface area is 122 Å². The number of aromatic nitrogens is 2. The van der Waals surface area contributed by atoms with Crippen molar-refractivity contribution in [1.29, 1.82) is 0 Å². The first-order chi connectivity index (χ1) is 8.74. The molecule has 1 aromatic heterocycles. The van der Waals surface area contributed by atoms with Crippen LogP contribution in [0.1, 0.15) is 25.7 Å². The average molecular weight is 358 g/mol. The number of piperidine rings is 1. The van der Waals surface area contributed by atoms with E-state index in [-0.39, 0.29) is 0 Å². The zero-order chi connectivity index (χ0) is 12.5. The summed E-state index contributed by atoms with van der Waals surface area (Å²) < 4.78 is 1.10. The second-order valence-corrected chi connectivity index (χ2v) is 6.65. The monoisotopic (exact) mass is 358 g/mol. The van der Waals surface area contributed by atoms with Crippen molar-refractivity contribution in [2.45, 2.75) is 37.8 Å². The molecule has 3 rings (SSSR count). The summed E-state index contributed by atoms with van der Waals surface area (Å²) in [6.45, 7) is 1.05. The Morgan fingerprint density at radius 3 is 2.78 bits per heavy atom. The number of halogens is 1. The van der Waals surface area contributed by atoms with Gasteiger partial charge in [-0.3, -0.25) is 0 Å². The molecule has 18 heavy (non-hydrogen) atoms. The summed E-state index contributed by atoms with van der Waals surface area (Å²) in [6, 6.07) is 1.64. The van der Waals surface area contributed by atoms with Crippen LogP contribution in [-0.4, -0.2) is 40.5 Å². The van der Waals surface area contributed by atoms with Gasteiger partial charge in [0.2, 0.25) is 0 Å². The van der Waals surface area contributed by atoms with E-state index in [0.717, 1.165) is 33.9 Å². The molecule has 3 heterocycles. The quantitative estimate of drug-likeness (QED) is 0.843. The summed E-state index contributed by atoms with van der Waals surface area (Å²) in [6.07, 6.45) is 8.92. The highest BCUT2D eigenvalue weighted by Crippen LogP contribution is 2.37. The molecule has 0 aromatic carbocycles. The zero-order valence-corrected chi connectivity index (χ0v) is 12.8. The number of nitrogens with zero attached hydrogens (tertiary/aromatic N) is 3. The van der Waals surface area contributed by atoms with E-state index in [1.165, 1.54) is 25.7 Å². The summed E-state index contributed by atoms with van der Waals surface area (Å²) in [4.78, 5) is 10.9. The largest absolute Gasteiger partial charge is 0.369 e. The Morgan fingerprint density at radius 2 is 2.11 bits per heavy atom. The van der Waals surface area contributed by atoms with Gasteiger partial charge in [-0.1, -0.05) is 0 Å². The van der Waals surface area contributed by atoms with Crippen LogP contribution in [0.5, 0.6) is 0 Å². The van der Waals surface area contributed by atoms with E-state index in [9.17, 15) is 0 Å². The third-order valence-corrected chi connectivity index (χ3v) is 5.21. The SMILES string of the molecule is CN1C2CCC1CC(CNc1ncncc1I)C2. The van der Waals surface area contributed by atoms with Gasteiger partial charge in [-0.2, -0.15) is 0 Å².